The zero-order chi connectivity index (χ0) is 11.4. The molecule has 0 saturated heterocycles. The zero-order valence-corrected chi connectivity index (χ0v) is 9.74. The molecule has 2 N–H and O–H groups in total. The van der Waals surface area contributed by atoms with Gasteiger partial charge in [0, 0.05) is 12.2 Å². The molecule has 88 valence electrons. The molecular formula is C13H19NO2. The van der Waals surface area contributed by atoms with E-state index in [1.54, 1.807) is 0 Å². The maximum atomic E-state index is 6.10. The molecule has 0 saturated carbocycles. The van der Waals surface area contributed by atoms with Crippen LogP contribution in [-0.4, -0.2) is 19.8 Å². The van der Waals surface area contributed by atoms with E-state index in [-0.39, 0.29) is 6.04 Å². The molecule has 16 heavy (non-hydrogen) atoms. The van der Waals surface area contributed by atoms with E-state index in [1.165, 1.54) is 5.56 Å². The molecule has 0 aromatic heterocycles. The summed E-state index contributed by atoms with van der Waals surface area (Å²) in [6.07, 6.45) is 2.18. The van der Waals surface area contributed by atoms with E-state index in [1.807, 2.05) is 13.0 Å². The number of aryl methyl sites for hydroxylation is 1. The van der Waals surface area contributed by atoms with Crippen molar-refractivity contribution in [3.8, 4) is 5.75 Å². The summed E-state index contributed by atoms with van der Waals surface area (Å²) in [7, 11) is 0. The summed E-state index contributed by atoms with van der Waals surface area (Å²) >= 11 is 0. The van der Waals surface area contributed by atoms with Gasteiger partial charge in [-0.05, 0) is 25.3 Å². The standard InChI is InChI=1S/C13H19NO2/c1-2-15-9-12(14)11-7-3-5-10-6-4-8-16-13(10)11/h3,5,7,12H,2,4,6,8-9,14H2,1H3. The summed E-state index contributed by atoms with van der Waals surface area (Å²) in [5.74, 6) is 0.987. The fourth-order valence-electron chi connectivity index (χ4n) is 2.04. The minimum Gasteiger partial charge on any atom is -0.493 e. The van der Waals surface area contributed by atoms with Crippen LogP contribution in [0.3, 0.4) is 0 Å². The number of rotatable bonds is 4. The summed E-state index contributed by atoms with van der Waals surface area (Å²) in [5, 5.41) is 0. The molecule has 1 heterocycles. The van der Waals surface area contributed by atoms with E-state index in [0.717, 1.165) is 30.8 Å². The Labute approximate surface area is 96.5 Å². The number of benzene rings is 1. The minimum absolute atomic E-state index is 0.0898. The largest absolute Gasteiger partial charge is 0.493 e. The summed E-state index contributed by atoms with van der Waals surface area (Å²) in [6.45, 7) is 4.02. The third kappa shape index (κ3) is 2.36. The molecule has 0 amide bonds. The van der Waals surface area contributed by atoms with Crippen LogP contribution in [0.4, 0.5) is 0 Å². The monoisotopic (exact) mass is 221 g/mol. The predicted molar refractivity (Wildman–Crippen MR) is 63.7 cm³/mol. The number of fused-ring (bicyclic) bond motifs is 1. The Bertz CT molecular complexity index is 352. The lowest BCUT2D eigenvalue weighted by atomic mass is 9.99. The molecule has 1 aromatic rings. The first-order chi connectivity index (χ1) is 7.83. The quantitative estimate of drug-likeness (QED) is 0.846. The topological polar surface area (TPSA) is 44.5 Å². The van der Waals surface area contributed by atoms with Gasteiger partial charge in [-0.3, -0.25) is 0 Å². The Balaban J connectivity index is 2.19. The first-order valence-corrected chi connectivity index (χ1v) is 5.91. The van der Waals surface area contributed by atoms with Crippen LogP contribution in [0.2, 0.25) is 0 Å². The molecule has 3 heteroatoms. The summed E-state index contributed by atoms with van der Waals surface area (Å²) in [5.41, 5.74) is 8.45. The number of nitrogens with two attached hydrogens (primary N) is 1. The highest BCUT2D eigenvalue weighted by molar-refractivity contribution is 5.44. The van der Waals surface area contributed by atoms with Gasteiger partial charge in [-0.15, -0.1) is 0 Å². The van der Waals surface area contributed by atoms with E-state index in [0.29, 0.717) is 13.2 Å². The molecule has 1 aromatic carbocycles. The van der Waals surface area contributed by atoms with Crippen LogP contribution >= 0.6 is 0 Å². The lowest BCUT2D eigenvalue weighted by Gasteiger charge is -2.23. The van der Waals surface area contributed by atoms with E-state index in [4.69, 9.17) is 15.2 Å². The second-order valence-corrected chi connectivity index (χ2v) is 4.05. The van der Waals surface area contributed by atoms with Crippen molar-refractivity contribution in [1.82, 2.24) is 0 Å². The van der Waals surface area contributed by atoms with Crippen LogP contribution in [0.25, 0.3) is 0 Å². The summed E-state index contributed by atoms with van der Waals surface area (Å²) < 4.78 is 11.1. The highest BCUT2D eigenvalue weighted by Crippen LogP contribution is 2.32. The molecule has 0 spiro atoms. The van der Waals surface area contributed by atoms with Crippen molar-refractivity contribution in [3.05, 3.63) is 29.3 Å². The molecule has 1 aliphatic heterocycles. The van der Waals surface area contributed by atoms with Gasteiger partial charge in [0.1, 0.15) is 5.75 Å². The summed E-state index contributed by atoms with van der Waals surface area (Å²) in [6, 6.07) is 6.11. The van der Waals surface area contributed by atoms with Gasteiger partial charge < -0.3 is 15.2 Å². The minimum atomic E-state index is -0.0898. The highest BCUT2D eigenvalue weighted by atomic mass is 16.5. The fraction of sp³-hybridized carbons (Fsp3) is 0.538. The smallest absolute Gasteiger partial charge is 0.127 e. The van der Waals surface area contributed by atoms with Gasteiger partial charge in [0.15, 0.2) is 0 Å². The van der Waals surface area contributed by atoms with Gasteiger partial charge in [0.25, 0.3) is 0 Å². The maximum Gasteiger partial charge on any atom is 0.127 e. The van der Waals surface area contributed by atoms with Crippen molar-refractivity contribution in [2.75, 3.05) is 19.8 Å². The SMILES string of the molecule is CCOCC(N)c1cccc2c1OCCC2. The average molecular weight is 221 g/mol. The first kappa shape index (κ1) is 11.4. The molecular weight excluding hydrogens is 202 g/mol. The number of ether oxygens (including phenoxy) is 2. The molecule has 0 aliphatic carbocycles. The molecule has 3 nitrogen and oxygen atoms in total. The van der Waals surface area contributed by atoms with Crippen LogP contribution in [0.15, 0.2) is 18.2 Å². The molecule has 1 atom stereocenters. The van der Waals surface area contributed by atoms with Gasteiger partial charge in [0.2, 0.25) is 0 Å². The van der Waals surface area contributed by atoms with Crippen LogP contribution in [0, 0.1) is 0 Å². The second kappa shape index (κ2) is 5.32. The molecule has 1 aliphatic rings. The van der Waals surface area contributed by atoms with Gasteiger partial charge in [-0.1, -0.05) is 18.2 Å². The van der Waals surface area contributed by atoms with E-state index in [9.17, 15) is 0 Å². The van der Waals surface area contributed by atoms with Crippen LogP contribution in [-0.2, 0) is 11.2 Å². The maximum absolute atomic E-state index is 6.10. The van der Waals surface area contributed by atoms with Crippen molar-refractivity contribution in [3.63, 3.8) is 0 Å². The Morgan fingerprint density at radius 3 is 3.19 bits per heavy atom. The highest BCUT2D eigenvalue weighted by Gasteiger charge is 2.18. The molecule has 2 rings (SSSR count). The van der Waals surface area contributed by atoms with Gasteiger partial charge in [-0.25, -0.2) is 0 Å². The molecule has 1 unspecified atom stereocenters. The lowest BCUT2D eigenvalue weighted by molar-refractivity contribution is 0.132. The van der Waals surface area contributed by atoms with Gasteiger partial charge >= 0.3 is 0 Å². The molecule has 0 bridgehead atoms. The van der Waals surface area contributed by atoms with Crippen LogP contribution in [0.5, 0.6) is 5.75 Å². The average Bonchev–Trinajstić information content (AvgIpc) is 2.35. The lowest BCUT2D eigenvalue weighted by Crippen LogP contribution is -2.20. The van der Waals surface area contributed by atoms with Crippen molar-refractivity contribution in [2.45, 2.75) is 25.8 Å². The van der Waals surface area contributed by atoms with Gasteiger partial charge in [0.05, 0.1) is 19.3 Å². The van der Waals surface area contributed by atoms with Crippen LogP contribution in [0.1, 0.15) is 30.5 Å². The Hall–Kier alpha value is -1.06. The third-order valence-corrected chi connectivity index (χ3v) is 2.86. The normalized spacial score (nSPS) is 16.4. The number of para-hydroxylation sites is 1. The van der Waals surface area contributed by atoms with E-state index < -0.39 is 0 Å². The van der Waals surface area contributed by atoms with Gasteiger partial charge in [-0.2, -0.15) is 0 Å². The van der Waals surface area contributed by atoms with Crippen molar-refractivity contribution in [2.24, 2.45) is 5.73 Å². The zero-order valence-electron chi connectivity index (χ0n) is 9.74. The van der Waals surface area contributed by atoms with Crippen molar-refractivity contribution in [1.29, 1.82) is 0 Å². The fourth-order valence-corrected chi connectivity index (χ4v) is 2.04. The number of hydrogen-bond donors (Lipinski definition) is 1. The Morgan fingerprint density at radius 1 is 1.50 bits per heavy atom. The Morgan fingerprint density at radius 2 is 2.38 bits per heavy atom. The first-order valence-electron chi connectivity index (χ1n) is 5.91. The predicted octanol–water partition coefficient (Wildman–Crippen LogP) is 2.05. The third-order valence-electron chi connectivity index (χ3n) is 2.86. The molecule has 0 fully saturated rings. The van der Waals surface area contributed by atoms with Crippen molar-refractivity contribution < 1.29 is 9.47 Å². The van der Waals surface area contributed by atoms with Crippen molar-refractivity contribution >= 4 is 0 Å². The van der Waals surface area contributed by atoms with E-state index >= 15 is 0 Å². The molecule has 0 radical (unpaired) electrons. The van der Waals surface area contributed by atoms with Crippen LogP contribution < -0.4 is 10.5 Å². The van der Waals surface area contributed by atoms with E-state index in [2.05, 4.69) is 12.1 Å². The second-order valence-electron chi connectivity index (χ2n) is 4.05. The Kier molecular flexibility index (Phi) is 3.80. The summed E-state index contributed by atoms with van der Waals surface area (Å²) in [4.78, 5) is 0. The number of hydrogen-bond acceptors (Lipinski definition) is 3.